The van der Waals surface area contributed by atoms with Crippen LogP contribution in [0.15, 0.2) is 46.0 Å². The van der Waals surface area contributed by atoms with E-state index in [9.17, 15) is 13.2 Å². The van der Waals surface area contributed by atoms with Gasteiger partial charge in [0.15, 0.2) is 5.96 Å². The Kier molecular flexibility index (Phi) is 6.03. The van der Waals surface area contributed by atoms with Gasteiger partial charge in [-0.2, -0.15) is 13.2 Å². The van der Waals surface area contributed by atoms with Crippen molar-refractivity contribution in [2.45, 2.75) is 44.4 Å². The average molecular weight is 380 g/mol. The highest BCUT2D eigenvalue weighted by atomic mass is 19.4. The van der Waals surface area contributed by atoms with E-state index in [0.717, 1.165) is 11.3 Å². The van der Waals surface area contributed by atoms with Gasteiger partial charge in [-0.05, 0) is 37.8 Å². The van der Waals surface area contributed by atoms with Crippen molar-refractivity contribution >= 4 is 5.96 Å². The maximum absolute atomic E-state index is 12.8. The van der Waals surface area contributed by atoms with E-state index in [1.54, 1.807) is 13.3 Å². The summed E-state index contributed by atoms with van der Waals surface area (Å²) in [6, 6.07) is 9.58. The molecule has 1 aliphatic carbocycles. The molecule has 1 aromatic heterocycles. The fourth-order valence-electron chi connectivity index (χ4n) is 3.23. The lowest BCUT2D eigenvalue weighted by molar-refractivity contribution is -0.182. The minimum Gasteiger partial charge on any atom is -0.444 e. The van der Waals surface area contributed by atoms with E-state index < -0.39 is 12.1 Å². The zero-order chi connectivity index (χ0) is 19.3. The molecule has 146 valence electrons. The molecule has 0 bridgehead atoms. The number of alkyl halides is 3. The van der Waals surface area contributed by atoms with Gasteiger partial charge in [0.2, 0.25) is 5.89 Å². The smallest absolute Gasteiger partial charge is 0.391 e. The third-order valence-corrected chi connectivity index (χ3v) is 4.76. The Balaban J connectivity index is 1.48. The lowest BCUT2D eigenvalue weighted by atomic mass is 9.85. The first-order chi connectivity index (χ1) is 13.0. The summed E-state index contributed by atoms with van der Waals surface area (Å²) in [5.41, 5.74) is 1.62. The second kappa shape index (κ2) is 8.45. The standard InChI is InChI=1S/C19H23F3N4O/c1-23-18(26-15-9-7-14(8-10-15)19(20,21)22)24-11-16-12-27-17(25-16)13-5-3-2-4-6-13/h2-6,12,14-15H,7-11H2,1H3,(H2,23,24,26). The molecule has 0 spiro atoms. The molecule has 0 atom stereocenters. The first-order valence-electron chi connectivity index (χ1n) is 8.99. The number of rotatable bonds is 4. The van der Waals surface area contributed by atoms with Crippen molar-refractivity contribution in [2.75, 3.05) is 7.05 Å². The topological polar surface area (TPSA) is 62.5 Å². The molecule has 0 aliphatic heterocycles. The molecule has 0 saturated heterocycles. The van der Waals surface area contributed by atoms with Gasteiger partial charge >= 0.3 is 6.18 Å². The molecule has 5 nitrogen and oxygen atoms in total. The van der Waals surface area contributed by atoms with Crippen LogP contribution < -0.4 is 10.6 Å². The van der Waals surface area contributed by atoms with Crippen LogP contribution in [0.5, 0.6) is 0 Å². The number of aromatic nitrogens is 1. The lowest BCUT2D eigenvalue weighted by Crippen LogP contribution is -2.45. The Morgan fingerprint density at radius 1 is 1.19 bits per heavy atom. The van der Waals surface area contributed by atoms with Crippen LogP contribution in [-0.2, 0) is 6.54 Å². The van der Waals surface area contributed by atoms with Crippen LogP contribution in [0.2, 0.25) is 0 Å². The Labute approximate surface area is 156 Å². The summed E-state index contributed by atoms with van der Waals surface area (Å²) in [7, 11) is 1.63. The van der Waals surface area contributed by atoms with Crippen LogP contribution >= 0.6 is 0 Å². The minimum atomic E-state index is -4.09. The number of oxazole rings is 1. The van der Waals surface area contributed by atoms with Gasteiger partial charge in [-0.15, -0.1) is 0 Å². The van der Waals surface area contributed by atoms with Gasteiger partial charge in [0, 0.05) is 18.7 Å². The van der Waals surface area contributed by atoms with E-state index in [1.165, 1.54) is 0 Å². The normalized spacial score (nSPS) is 21.1. The van der Waals surface area contributed by atoms with Crippen molar-refractivity contribution in [3.63, 3.8) is 0 Å². The van der Waals surface area contributed by atoms with Crippen molar-refractivity contribution in [3.8, 4) is 11.5 Å². The van der Waals surface area contributed by atoms with Gasteiger partial charge in [0.05, 0.1) is 18.2 Å². The molecule has 0 amide bonds. The summed E-state index contributed by atoms with van der Waals surface area (Å²) in [4.78, 5) is 8.58. The number of nitrogens with zero attached hydrogens (tertiary/aromatic N) is 2. The van der Waals surface area contributed by atoms with E-state index in [2.05, 4.69) is 20.6 Å². The third kappa shape index (κ3) is 5.24. The van der Waals surface area contributed by atoms with E-state index in [-0.39, 0.29) is 18.9 Å². The first kappa shape index (κ1) is 19.3. The van der Waals surface area contributed by atoms with Crippen LogP contribution in [-0.4, -0.2) is 30.2 Å². The highest BCUT2D eigenvalue weighted by Crippen LogP contribution is 2.37. The van der Waals surface area contributed by atoms with Crippen molar-refractivity contribution < 1.29 is 17.6 Å². The van der Waals surface area contributed by atoms with Crippen LogP contribution in [0.25, 0.3) is 11.5 Å². The molecule has 27 heavy (non-hydrogen) atoms. The molecule has 0 unspecified atom stereocenters. The van der Waals surface area contributed by atoms with Crippen molar-refractivity contribution in [3.05, 3.63) is 42.3 Å². The van der Waals surface area contributed by atoms with Gasteiger partial charge in [0.1, 0.15) is 6.26 Å². The SMILES string of the molecule is CN=C(NCc1coc(-c2ccccc2)n1)NC1CCC(C(F)(F)F)CC1. The minimum absolute atomic E-state index is 0.00742. The van der Waals surface area contributed by atoms with Gasteiger partial charge in [0.25, 0.3) is 0 Å². The van der Waals surface area contributed by atoms with Gasteiger partial charge in [-0.3, -0.25) is 4.99 Å². The second-order valence-electron chi connectivity index (χ2n) is 6.67. The molecule has 2 aromatic rings. The number of halogens is 3. The summed E-state index contributed by atoms with van der Waals surface area (Å²) >= 11 is 0. The third-order valence-electron chi connectivity index (χ3n) is 4.76. The number of nitrogens with one attached hydrogen (secondary N) is 2. The maximum Gasteiger partial charge on any atom is 0.391 e. The zero-order valence-corrected chi connectivity index (χ0v) is 15.1. The highest BCUT2D eigenvalue weighted by Gasteiger charge is 2.41. The van der Waals surface area contributed by atoms with E-state index >= 15 is 0 Å². The molecule has 1 aliphatic rings. The molecule has 8 heteroatoms. The molecular formula is C19H23F3N4O. The quantitative estimate of drug-likeness (QED) is 0.619. The molecule has 1 fully saturated rings. The molecule has 1 aromatic carbocycles. The summed E-state index contributed by atoms with van der Waals surface area (Å²) in [6.07, 6.45) is -1.24. The van der Waals surface area contributed by atoms with E-state index in [1.807, 2.05) is 30.3 Å². The van der Waals surface area contributed by atoms with Crippen LogP contribution in [0, 0.1) is 5.92 Å². The first-order valence-corrected chi connectivity index (χ1v) is 8.99. The Morgan fingerprint density at radius 2 is 1.89 bits per heavy atom. The number of aliphatic imine (C=N–C) groups is 1. The highest BCUT2D eigenvalue weighted by molar-refractivity contribution is 5.79. The monoisotopic (exact) mass is 380 g/mol. The fraction of sp³-hybridized carbons (Fsp3) is 0.474. The second-order valence-corrected chi connectivity index (χ2v) is 6.67. The zero-order valence-electron chi connectivity index (χ0n) is 15.1. The van der Waals surface area contributed by atoms with E-state index in [4.69, 9.17) is 4.42 Å². The number of guanidine groups is 1. The molecule has 1 saturated carbocycles. The largest absolute Gasteiger partial charge is 0.444 e. The number of hydrogen-bond donors (Lipinski definition) is 2. The van der Waals surface area contributed by atoms with Crippen molar-refractivity contribution in [2.24, 2.45) is 10.9 Å². The maximum atomic E-state index is 12.8. The summed E-state index contributed by atoms with van der Waals surface area (Å²) in [5, 5.41) is 6.33. The molecule has 2 N–H and O–H groups in total. The van der Waals surface area contributed by atoms with Crippen molar-refractivity contribution in [1.29, 1.82) is 0 Å². The van der Waals surface area contributed by atoms with Gasteiger partial charge in [-0.25, -0.2) is 4.98 Å². The van der Waals surface area contributed by atoms with Crippen LogP contribution in [0.4, 0.5) is 13.2 Å². The molecular weight excluding hydrogens is 357 g/mol. The van der Waals surface area contributed by atoms with Crippen molar-refractivity contribution in [1.82, 2.24) is 15.6 Å². The predicted molar refractivity (Wildman–Crippen MR) is 97.1 cm³/mol. The molecule has 0 radical (unpaired) electrons. The number of benzene rings is 1. The number of hydrogen-bond acceptors (Lipinski definition) is 3. The Morgan fingerprint density at radius 3 is 2.52 bits per heavy atom. The Hall–Kier alpha value is -2.51. The lowest BCUT2D eigenvalue weighted by Gasteiger charge is -2.31. The van der Waals surface area contributed by atoms with Gasteiger partial charge < -0.3 is 15.1 Å². The fourth-order valence-corrected chi connectivity index (χ4v) is 3.23. The van der Waals surface area contributed by atoms with Crippen LogP contribution in [0.3, 0.4) is 0 Å². The van der Waals surface area contributed by atoms with Gasteiger partial charge in [-0.1, -0.05) is 18.2 Å². The predicted octanol–water partition coefficient (Wildman–Crippen LogP) is 4.13. The molecule has 1 heterocycles. The molecule has 3 rings (SSSR count). The summed E-state index contributed by atoms with van der Waals surface area (Å²) in [6.45, 7) is 0.411. The Bertz CT molecular complexity index is 750. The summed E-state index contributed by atoms with van der Waals surface area (Å²) in [5.74, 6) is -0.0902. The van der Waals surface area contributed by atoms with E-state index in [0.29, 0.717) is 31.2 Å². The average Bonchev–Trinajstić information content (AvgIpc) is 3.14. The summed E-state index contributed by atoms with van der Waals surface area (Å²) < 4.78 is 43.8. The van der Waals surface area contributed by atoms with Crippen LogP contribution in [0.1, 0.15) is 31.4 Å².